The number of hydrogen-bond donors (Lipinski definition) is 0. The molecule has 1 aromatic carbocycles. The van der Waals surface area contributed by atoms with Crippen LogP contribution in [0.1, 0.15) is 64.2 Å². The van der Waals surface area contributed by atoms with Gasteiger partial charge < -0.3 is 0 Å². The fraction of sp³-hybridized carbons (Fsp3) is 0.417. The number of benzene rings is 1. The first-order valence-corrected chi connectivity index (χ1v) is 9.18. The second-order valence-electron chi connectivity index (χ2n) is 8.62. The van der Waals surface area contributed by atoms with Gasteiger partial charge in [0.25, 0.3) is 0 Å². The van der Waals surface area contributed by atoms with Crippen molar-refractivity contribution in [3.63, 3.8) is 0 Å². The molecule has 0 N–H and O–H groups in total. The maximum absolute atomic E-state index is 2.43. The van der Waals surface area contributed by atoms with Gasteiger partial charge in [-0.2, -0.15) is 0 Å². The molecule has 0 saturated heterocycles. The first kappa shape index (κ1) is 17.0. The number of rotatable bonds is 2. The fourth-order valence-corrected chi connectivity index (χ4v) is 3.78. The Balaban J connectivity index is 1.92. The van der Waals surface area contributed by atoms with Crippen molar-refractivity contribution in [2.45, 2.75) is 59.3 Å². The Kier molecular flexibility index (Phi) is 4.42. The average Bonchev–Trinajstić information content (AvgIpc) is 2.68. The van der Waals surface area contributed by atoms with Gasteiger partial charge in [0.1, 0.15) is 0 Å². The fourth-order valence-electron chi connectivity index (χ4n) is 3.78. The summed E-state index contributed by atoms with van der Waals surface area (Å²) in [5.41, 5.74) is 7.49. The van der Waals surface area contributed by atoms with Crippen molar-refractivity contribution in [2.24, 2.45) is 5.41 Å². The van der Waals surface area contributed by atoms with Crippen LogP contribution in [0.4, 0.5) is 0 Å². The Hall–Kier alpha value is -1.82. The molecule has 0 atom stereocenters. The summed E-state index contributed by atoms with van der Waals surface area (Å²) in [7, 11) is 0. The van der Waals surface area contributed by atoms with E-state index in [4.69, 9.17) is 0 Å². The molecule has 0 bridgehead atoms. The molecule has 2 aliphatic carbocycles. The van der Waals surface area contributed by atoms with Crippen molar-refractivity contribution in [2.75, 3.05) is 0 Å². The normalized spacial score (nSPS) is 21.9. The lowest BCUT2D eigenvalue weighted by molar-refractivity contribution is 0.432. The van der Waals surface area contributed by atoms with Crippen molar-refractivity contribution in [1.29, 1.82) is 0 Å². The molecule has 0 unspecified atom stereocenters. The minimum atomic E-state index is 0.135. The van der Waals surface area contributed by atoms with Gasteiger partial charge >= 0.3 is 0 Å². The highest BCUT2D eigenvalue weighted by molar-refractivity contribution is 5.69. The van der Waals surface area contributed by atoms with E-state index in [1.807, 2.05) is 0 Å². The Morgan fingerprint density at radius 1 is 1.08 bits per heavy atom. The zero-order valence-corrected chi connectivity index (χ0v) is 15.8. The van der Waals surface area contributed by atoms with E-state index in [0.29, 0.717) is 5.41 Å². The predicted molar refractivity (Wildman–Crippen MR) is 106 cm³/mol. The SMILES string of the molecule is C/C(=C\C1=CC=CC(C)(C)C=C1)c1ccc2c(c1)C(C)(C)CCC2. The van der Waals surface area contributed by atoms with Crippen LogP contribution in [0.5, 0.6) is 0 Å². The van der Waals surface area contributed by atoms with Crippen LogP contribution in [-0.2, 0) is 11.8 Å². The highest BCUT2D eigenvalue weighted by Gasteiger charge is 2.27. The van der Waals surface area contributed by atoms with Crippen LogP contribution in [0.2, 0.25) is 0 Å². The van der Waals surface area contributed by atoms with E-state index >= 15 is 0 Å². The number of allylic oxidation sites excluding steroid dienone is 8. The summed E-state index contributed by atoms with van der Waals surface area (Å²) in [4.78, 5) is 0. The van der Waals surface area contributed by atoms with Crippen LogP contribution in [0.3, 0.4) is 0 Å². The Morgan fingerprint density at radius 3 is 2.67 bits per heavy atom. The van der Waals surface area contributed by atoms with Gasteiger partial charge in [-0.25, -0.2) is 0 Å². The minimum Gasteiger partial charge on any atom is -0.0751 e. The molecular formula is C24H30. The lowest BCUT2D eigenvalue weighted by Crippen LogP contribution is -2.23. The molecule has 0 amide bonds. The van der Waals surface area contributed by atoms with Crippen molar-refractivity contribution in [3.05, 3.63) is 76.9 Å². The smallest absolute Gasteiger partial charge is 0.00109 e. The number of aryl methyl sites for hydroxylation is 1. The molecule has 0 heterocycles. The molecule has 3 rings (SSSR count). The first-order chi connectivity index (χ1) is 11.3. The van der Waals surface area contributed by atoms with Crippen LogP contribution in [0, 0.1) is 5.41 Å². The van der Waals surface area contributed by atoms with Crippen LogP contribution < -0.4 is 0 Å². The second kappa shape index (κ2) is 6.24. The summed E-state index contributed by atoms with van der Waals surface area (Å²) < 4.78 is 0. The van der Waals surface area contributed by atoms with E-state index in [-0.39, 0.29) is 5.41 Å². The number of fused-ring (bicyclic) bond motifs is 1. The highest BCUT2D eigenvalue weighted by Crippen LogP contribution is 2.38. The third-order valence-corrected chi connectivity index (χ3v) is 5.45. The van der Waals surface area contributed by atoms with Gasteiger partial charge in [-0.3, -0.25) is 0 Å². The molecule has 0 radical (unpaired) electrons. The molecule has 0 aromatic heterocycles. The maximum atomic E-state index is 2.43. The van der Waals surface area contributed by atoms with E-state index in [2.05, 4.69) is 89.3 Å². The van der Waals surface area contributed by atoms with Gasteiger partial charge in [0.15, 0.2) is 0 Å². The average molecular weight is 319 g/mol. The molecule has 0 spiro atoms. The third kappa shape index (κ3) is 3.64. The van der Waals surface area contributed by atoms with E-state index < -0.39 is 0 Å². The topological polar surface area (TPSA) is 0 Å². The predicted octanol–water partition coefficient (Wildman–Crippen LogP) is 6.78. The van der Waals surface area contributed by atoms with E-state index in [9.17, 15) is 0 Å². The van der Waals surface area contributed by atoms with E-state index in [0.717, 1.165) is 0 Å². The molecule has 0 nitrogen and oxygen atoms in total. The van der Waals surface area contributed by atoms with Crippen LogP contribution in [0.15, 0.2) is 60.2 Å². The monoisotopic (exact) mass is 318 g/mol. The summed E-state index contributed by atoms with van der Waals surface area (Å²) in [6, 6.07) is 7.08. The molecule has 0 saturated carbocycles. The van der Waals surface area contributed by atoms with Crippen molar-refractivity contribution in [3.8, 4) is 0 Å². The first-order valence-electron chi connectivity index (χ1n) is 9.18. The summed E-state index contributed by atoms with van der Waals surface area (Å²) in [6.07, 6.45) is 17.3. The number of hydrogen-bond acceptors (Lipinski definition) is 0. The zero-order chi connectivity index (χ0) is 17.4. The van der Waals surface area contributed by atoms with Crippen LogP contribution in [0.25, 0.3) is 5.57 Å². The lowest BCUT2D eigenvalue weighted by Gasteiger charge is -2.33. The van der Waals surface area contributed by atoms with Crippen molar-refractivity contribution < 1.29 is 0 Å². The molecule has 126 valence electrons. The van der Waals surface area contributed by atoms with Crippen molar-refractivity contribution >= 4 is 5.57 Å². The minimum absolute atomic E-state index is 0.135. The molecule has 1 aromatic rings. The van der Waals surface area contributed by atoms with Gasteiger partial charge in [-0.1, -0.05) is 82.4 Å². The van der Waals surface area contributed by atoms with Gasteiger partial charge in [0, 0.05) is 5.41 Å². The second-order valence-corrected chi connectivity index (χ2v) is 8.62. The summed E-state index contributed by atoms with van der Waals surface area (Å²) in [5.74, 6) is 0. The summed E-state index contributed by atoms with van der Waals surface area (Å²) in [6.45, 7) is 11.5. The van der Waals surface area contributed by atoms with Gasteiger partial charge in [0.2, 0.25) is 0 Å². The third-order valence-electron chi connectivity index (χ3n) is 5.45. The summed E-state index contributed by atoms with van der Waals surface area (Å²) >= 11 is 0. The Bertz CT molecular complexity index is 748. The maximum Gasteiger partial charge on any atom is 0.00109 e. The van der Waals surface area contributed by atoms with Crippen LogP contribution in [-0.4, -0.2) is 0 Å². The molecule has 24 heavy (non-hydrogen) atoms. The largest absolute Gasteiger partial charge is 0.0751 e. The quantitative estimate of drug-likeness (QED) is 0.563. The zero-order valence-electron chi connectivity index (χ0n) is 15.8. The van der Waals surface area contributed by atoms with Gasteiger partial charge in [-0.15, -0.1) is 0 Å². The Labute approximate surface area is 147 Å². The van der Waals surface area contributed by atoms with Crippen molar-refractivity contribution in [1.82, 2.24) is 0 Å². The summed E-state index contributed by atoms with van der Waals surface area (Å²) in [5, 5.41) is 0. The van der Waals surface area contributed by atoms with E-state index in [1.165, 1.54) is 36.0 Å². The standard InChI is InChI=1S/C24H30/c1-18(16-19-8-6-13-23(2,3)15-12-19)21-11-10-20-9-7-14-24(4,5)22(20)17-21/h6,8,10-13,15-17H,7,9,14H2,1-5H3/b18-16+. The molecule has 0 aliphatic heterocycles. The Morgan fingerprint density at radius 2 is 1.88 bits per heavy atom. The molecule has 2 aliphatic rings. The lowest BCUT2D eigenvalue weighted by atomic mass is 9.72. The van der Waals surface area contributed by atoms with Gasteiger partial charge in [-0.05, 0) is 59.4 Å². The van der Waals surface area contributed by atoms with Gasteiger partial charge in [0.05, 0.1) is 0 Å². The molecule has 0 fully saturated rings. The van der Waals surface area contributed by atoms with Crippen LogP contribution >= 0.6 is 0 Å². The molecular weight excluding hydrogens is 288 g/mol. The van der Waals surface area contributed by atoms with E-state index in [1.54, 1.807) is 11.1 Å². The highest BCUT2D eigenvalue weighted by atomic mass is 14.3. The molecule has 0 heteroatoms.